The van der Waals surface area contributed by atoms with E-state index in [1.165, 1.54) is 17.5 Å². The molecule has 0 unspecified atom stereocenters. The Morgan fingerprint density at radius 3 is 2.64 bits per heavy atom. The van der Waals surface area contributed by atoms with Crippen LogP contribution in [0.15, 0.2) is 42.6 Å². The largest absolute Gasteiger partial charge is 0.497 e. The Morgan fingerprint density at radius 2 is 1.92 bits per heavy atom. The summed E-state index contributed by atoms with van der Waals surface area (Å²) in [6, 6.07) is 13.1. The average Bonchev–Trinajstić information content (AvgIpc) is 3.06. The van der Waals surface area contributed by atoms with Crippen LogP contribution in [0.2, 0.25) is 0 Å². The summed E-state index contributed by atoms with van der Waals surface area (Å²) in [5, 5.41) is 9.58. The molecule has 1 aromatic carbocycles. The normalized spacial score (nSPS) is 13.3. The molecule has 0 radical (unpaired) electrons. The third kappa shape index (κ3) is 2.49. The van der Waals surface area contributed by atoms with Gasteiger partial charge in [-0.2, -0.15) is 5.26 Å². The maximum Gasteiger partial charge on any atom is 0.209 e. The van der Waals surface area contributed by atoms with Crippen LogP contribution in [0, 0.1) is 11.3 Å². The van der Waals surface area contributed by atoms with E-state index in [0.717, 1.165) is 24.8 Å². The Hall–Kier alpha value is -3.06. The number of fused-ring (bicyclic) bond motifs is 3. The quantitative estimate of drug-likeness (QED) is 0.684. The Kier molecular flexibility index (Phi) is 3.77. The van der Waals surface area contributed by atoms with Crippen molar-refractivity contribution in [3.63, 3.8) is 0 Å². The minimum atomic E-state index is -0.0880. The molecule has 3 aromatic rings. The molecule has 1 aliphatic carbocycles. The maximum atomic E-state index is 13.0. The van der Waals surface area contributed by atoms with Crippen LogP contribution in [0.4, 0.5) is 0 Å². The number of ketones is 1. The van der Waals surface area contributed by atoms with Crippen molar-refractivity contribution in [2.75, 3.05) is 7.11 Å². The molecule has 1 aliphatic rings. The fourth-order valence-electron chi connectivity index (χ4n) is 3.69. The van der Waals surface area contributed by atoms with Gasteiger partial charge in [-0.3, -0.25) is 4.79 Å². The van der Waals surface area contributed by atoms with Gasteiger partial charge in [0.2, 0.25) is 5.78 Å². The Bertz CT molecular complexity index is 1010. The van der Waals surface area contributed by atoms with Gasteiger partial charge in [0.15, 0.2) is 0 Å². The van der Waals surface area contributed by atoms with E-state index >= 15 is 0 Å². The standard InChI is InChI=1S/C21H18N2O2/c1-25-17-8-6-15(7-9-17)21(24)19-12-16(13-22)20-18-5-3-2-4-14(18)10-11-23(19)20/h6-12H,2-5H2,1H3. The van der Waals surface area contributed by atoms with Crippen molar-refractivity contribution in [2.24, 2.45) is 0 Å². The molecular weight excluding hydrogens is 312 g/mol. The van der Waals surface area contributed by atoms with Gasteiger partial charge in [-0.25, -0.2) is 0 Å². The second-order valence-corrected chi connectivity index (χ2v) is 6.36. The zero-order chi connectivity index (χ0) is 17.4. The molecule has 4 rings (SSSR count). The highest BCUT2D eigenvalue weighted by Gasteiger charge is 2.21. The Balaban J connectivity index is 1.87. The number of aryl methyl sites for hydroxylation is 2. The Labute approximate surface area is 146 Å². The van der Waals surface area contributed by atoms with Gasteiger partial charge in [0.1, 0.15) is 11.8 Å². The van der Waals surface area contributed by atoms with E-state index < -0.39 is 0 Å². The van der Waals surface area contributed by atoms with Crippen molar-refractivity contribution >= 4 is 11.3 Å². The van der Waals surface area contributed by atoms with Gasteiger partial charge >= 0.3 is 0 Å². The van der Waals surface area contributed by atoms with Crippen LogP contribution in [-0.4, -0.2) is 17.3 Å². The number of rotatable bonds is 3. The molecule has 0 atom stereocenters. The first-order valence-corrected chi connectivity index (χ1v) is 8.47. The summed E-state index contributed by atoms with van der Waals surface area (Å²) in [4.78, 5) is 13.0. The lowest BCUT2D eigenvalue weighted by atomic mass is 9.91. The van der Waals surface area contributed by atoms with Gasteiger partial charge in [-0.1, -0.05) is 0 Å². The highest BCUT2D eigenvalue weighted by atomic mass is 16.5. The number of carbonyl (C=O) groups is 1. The van der Waals surface area contributed by atoms with Crippen LogP contribution in [-0.2, 0) is 12.8 Å². The third-order valence-electron chi connectivity index (χ3n) is 4.96. The predicted octanol–water partition coefficient (Wildman–Crippen LogP) is 3.93. The van der Waals surface area contributed by atoms with E-state index in [2.05, 4.69) is 12.1 Å². The van der Waals surface area contributed by atoms with E-state index in [1.807, 2.05) is 10.6 Å². The minimum Gasteiger partial charge on any atom is -0.497 e. The first-order valence-electron chi connectivity index (χ1n) is 8.47. The number of carbonyl (C=O) groups excluding carboxylic acids is 1. The van der Waals surface area contributed by atoms with Crippen LogP contribution >= 0.6 is 0 Å². The number of nitrogens with zero attached hydrogens (tertiary/aromatic N) is 2. The van der Waals surface area contributed by atoms with E-state index in [-0.39, 0.29) is 5.78 Å². The summed E-state index contributed by atoms with van der Waals surface area (Å²) in [6.45, 7) is 0. The van der Waals surface area contributed by atoms with Crippen molar-refractivity contribution in [3.8, 4) is 11.8 Å². The first-order chi connectivity index (χ1) is 12.2. The number of ether oxygens (including phenoxy) is 1. The second-order valence-electron chi connectivity index (χ2n) is 6.36. The first kappa shape index (κ1) is 15.5. The van der Waals surface area contributed by atoms with Crippen molar-refractivity contribution in [3.05, 3.63) is 70.5 Å². The predicted molar refractivity (Wildman–Crippen MR) is 95.2 cm³/mol. The van der Waals surface area contributed by atoms with Gasteiger partial charge in [-0.15, -0.1) is 0 Å². The fourth-order valence-corrected chi connectivity index (χ4v) is 3.69. The average molecular weight is 330 g/mol. The highest BCUT2D eigenvalue weighted by Crippen LogP contribution is 2.30. The monoisotopic (exact) mass is 330 g/mol. The van der Waals surface area contributed by atoms with Gasteiger partial charge in [0.05, 0.1) is 23.9 Å². The van der Waals surface area contributed by atoms with Crippen LogP contribution in [0.1, 0.15) is 45.6 Å². The van der Waals surface area contributed by atoms with Gasteiger partial charge < -0.3 is 9.14 Å². The Morgan fingerprint density at radius 1 is 1.16 bits per heavy atom. The number of benzene rings is 1. The van der Waals surface area contributed by atoms with E-state index in [9.17, 15) is 10.1 Å². The van der Waals surface area contributed by atoms with Gasteiger partial charge in [0.25, 0.3) is 0 Å². The number of aromatic nitrogens is 1. The summed E-state index contributed by atoms with van der Waals surface area (Å²) in [5.74, 6) is 0.623. The zero-order valence-electron chi connectivity index (χ0n) is 14.1. The van der Waals surface area contributed by atoms with Crippen molar-refractivity contribution in [2.45, 2.75) is 25.7 Å². The van der Waals surface area contributed by atoms with E-state index in [1.54, 1.807) is 37.4 Å². The van der Waals surface area contributed by atoms with Crippen LogP contribution in [0.3, 0.4) is 0 Å². The molecule has 0 amide bonds. The van der Waals surface area contributed by atoms with Crippen LogP contribution < -0.4 is 4.74 Å². The summed E-state index contributed by atoms with van der Waals surface area (Å²) in [5.41, 5.74) is 5.12. The second kappa shape index (κ2) is 6.10. The summed E-state index contributed by atoms with van der Waals surface area (Å²) in [7, 11) is 1.60. The lowest BCUT2D eigenvalue weighted by Gasteiger charge is -2.17. The smallest absolute Gasteiger partial charge is 0.209 e. The molecule has 2 heterocycles. The molecule has 0 N–H and O–H groups in total. The van der Waals surface area contributed by atoms with Gasteiger partial charge in [0, 0.05) is 11.8 Å². The fraction of sp³-hybridized carbons (Fsp3) is 0.238. The molecule has 25 heavy (non-hydrogen) atoms. The lowest BCUT2D eigenvalue weighted by Crippen LogP contribution is -2.09. The van der Waals surface area contributed by atoms with Gasteiger partial charge in [-0.05, 0) is 73.2 Å². The molecular formula is C21H18N2O2. The van der Waals surface area contributed by atoms with E-state index in [0.29, 0.717) is 22.6 Å². The highest BCUT2D eigenvalue weighted by molar-refractivity contribution is 6.09. The summed E-state index contributed by atoms with van der Waals surface area (Å²) >= 11 is 0. The van der Waals surface area contributed by atoms with Crippen molar-refractivity contribution < 1.29 is 9.53 Å². The minimum absolute atomic E-state index is 0.0880. The van der Waals surface area contributed by atoms with Crippen LogP contribution in [0.25, 0.3) is 5.52 Å². The molecule has 0 saturated carbocycles. The number of nitriles is 1. The SMILES string of the molecule is COc1ccc(C(=O)c2cc(C#N)c3c4c(ccn23)CCCC4)cc1. The molecule has 0 bridgehead atoms. The molecule has 0 saturated heterocycles. The zero-order valence-corrected chi connectivity index (χ0v) is 14.1. The molecule has 124 valence electrons. The maximum absolute atomic E-state index is 13.0. The number of methoxy groups -OCH3 is 1. The molecule has 0 spiro atoms. The molecule has 0 aliphatic heterocycles. The van der Waals surface area contributed by atoms with E-state index in [4.69, 9.17) is 4.74 Å². The molecule has 0 fully saturated rings. The molecule has 4 nitrogen and oxygen atoms in total. The topological polar surface area (TPSA) is 54.5 Å². The van der Waals surface area contributed by atoms with Crippen molar-refractivity contribution in [1.29, 1.82) is 5.26 Å². The lowest BCUT2D eigenvalue weighted by molar-refractivity contribution is 0.103. The van der Waals surface area contributed by atoms with Crippen LogP contribution in [0.5, 0.6) is 5.75 Å². The third-order valence-corrected chi connectivity index (χ3v) is 4.96. The summed E-state index contributed by atoms with van der Waals surface area (Å²) in [6.07, 6.45) is 6.25. The molecule has 4 heteroatoms. The number of pyridine rings is 1. The molecule has 2 aromatic heterocycles. The number of hydrogen-bond donors (Lipinski definition) is 0. The van der Waals surface area contributed by atoms with Crippen molar-refractivity contribution in [1.82, 2.24) is 4.40 Å². The summed E-state index contributed by atoms with van der Waals surface area (Å²) < 4.78 is 7.03. The number of hydrogen-bond acceptors (Lipinski definition) is 3.